The topological polar surface area (TPSA) is 21.3 Å². The zero-order valence-electron chi connectivity index (χ0n) is 7.48. The fourth-order valence-electron chi connectivity index (χ4n) is 0.880. The van der Waals surface area contributed by atoms with Crippen LogP contribution in [0.2, 0.25) is 0 Å². The summed E-state index contributed by atoms with van der Waals surface area (Å²) in [4.78, 5) is 0. The van der Waals surface area contributed by atoms with Crippen LogP contribution in [0.15, 0.2) is 0 Å². The third-order valence-electron chi connectivity index (χ3n) is 1.31. The summed E-state index contributed by atoms with van der Waals surface area (Å²) in [5, 5.41) is 3.09. The molecule has 0 fully saturated rings. The van der Waals surface area contributed by atoms with Gasteiger partial charge in [0.15, 0.2) is 0 Å². The molecule has 0 amide bonds. The van der Waals surface area contributed by atoms with Crippen LogP contribution < -0.4 is 5.32 Å². The fourth-order valence-corrected chi connectivity index (χ4v) is 0.880. The van der Waals surface area contributed by atoms with Gasteiger partial charge in [-0.2, -0.15) is 0 Å². The lowest BCUT2D eigenvalue weighted by atomic mass is 10.3. The van der Waals surface area contributed by atoms with E-state index in [1.54, 1.807) is 0 Å². The SMILES string of the molecule is CNCCC(C)OC(C)C. The summed E-state index contributed by atoms with van der Waals surface area (Å²) in [6.45, 7) is 7.27. The lowest BCUT2D eigenvalue weighted by molar-refractivity contribution is 0.0150. The molecule has 0 saturated heterocycles. The first-order valence-corrected chi connectivity index (χ1v) is 3.97. The molecule has 1 N–H and O–H groups in total. The van der Waals surface area contributed by atoms with Gasteiger partial charge in [-0.1, -0.05) is 0 Å². The van der Waals surface area contributed by atoms with Crippen LogP contribution in [-0.2, 0) is 4.74 Å². The van der Waals surface area contributed by atoms with Gasteiger partial charge >= 0.3 is 0 Å². The summed E-state index contributed by atoms with van der Waals surface area (Å²) in [5.41, 5.74) is 0. The first-order valence-electron chi connectivity index (χ1n) is 3.97. The zero-order chi connectivity index (χ0) is 7.98. The van der Waals surface area contributed by atoms with E-state index in [-0.39, 0.29) is 0 Å². The van der Waals surface area contributed by atoms with E-state index in [0.717, 1.165) is 13.0 Å². The molecule has 0 saturated carbocycles. The summed E-state index contributed by atoms with van der Waals surface area (Å²) in [6.07, 6.45) is 1.83. The Balaban J connectivity index is 3.16. The molecular weight excluding hydrogens is 126 g/mol. The predicted octanol–water partition coefficient (Wildman–Crippen LogP) is 1.41. The molecule has 0 aromatic heterocycles. The fraction of sp³-hybridized carbons (Fsp3) is 1.00. The van der Waals surface area contributed by atoms with E-state index in [9.17, 15) is 0 Å². The summed E-state index contributed by atoms with van der Waals surface area (Å²) in [7, 11) is 1.96. The van der Waals surface area contributed by atoms with E-state index in [2.05, 4.69) is 26.1 Å². The molecule has 0 heterocycles. The Morgan fingerprint density at radius 2 is 1.90 bits per heavy atom. The van der Waals surface area contributed by atoms with Crippen molar-refractivity contribution in [2.75, 3.05) is 13.6 Å². The van der Waals surface area contributed by atoms with E-state index in [1.807, 2.05) is 7.05 Å². The predicted molar refractivity (Wildman–Crippen MR) is 44.2 cm³/mol. The maximum atomic E-state index is 5.51. The van der Waals surface area contributed by atoms with Gasteiger partial charge in [0.25, 0.3) is 0 Å². The lowest BCUT2D eigenvalue weighted by Crippen LogP contribution is -2.19. The summed E-state index contributed by atoms with van der Waals surface area (Å²) in [6, 6.07) is 0. The molecule has 2 heteroatoms. The van der Waals surface area contributed by atoms with Crippen LogP contribution in [0, 0.1) is 0 Å². The molecule has 62 valence electrons. The van der Waals surface area contributed by atoms with Crippen LogP contribution in [0.5, 0.6) is 0 Å². The highest BCUT2D eigenvalue weighted by molar-refractivity contribution is 4.53. The van der Waals surface area contributed by atoms with Crippen molar-refractivity contribution in [1.82, 2.24) is 5.32 Å². The van der Waals surface area contributed by atoms with Gasteiger partial charge in [-0.25, -0.2) is 0 Å². The molecule has 0 aliphatic heterocycles. The van der Waals surface area contributed by atoms with Crippen LogP contribution >= 0.6 is 0 Å². The third-order valence-corrected chi connectivity index (χ3v) is 1.31. The van der Waals surface area contributed by atoms with Crippen molar-refractivity contribution in [1.29, 1.82) is 0 Å². The average Bonchev–Trinajstić information content (AvgIpc) is 1.82. The highest BCUT2D eigenvalue weighted by Crippen LogP contribution is 1.99. The van der Waals surface area contributed by atoms with E-state index in [1.165, 1.54) is 0 Å². The second-order valence-corrected chi connectivity index (χ2v) is 2.89. The minimum atomic E-state index is 0.354. The number of nitrogens with one attached hydrogen (secondary N) is 1. The molecule has 0 radical (unpaired) electrons. The molecule has 2 nitrogen and oxygen atoms in total. The van der Waals surface area contributed by atoms with Crippen molar-refractivity contribution in [2.45, 2.75) is 39.4 Å². The number of hydrogen-bond acceptors (Lipinski definition) is 2. The van der Waals surface area contributed by atoms with Gasteiger partial charge in [-0.3, -0.25) is 0 Å². The second kappa shape index (κ2) is 5.69. The van der Waals surface area contributed by atoms with Gasteiger partial charge in [0.2, 0.25) is 0 Å². The largest absolute Gasteiger partial charge is 0.376 e. The van der Waals surface area contributed by atoms with Gasteiger partial charge in [-0.15, -0.1) is 0 Å². The van der Waals surface area contributed by atoms with Crippen molar-refractivity contribution in [3.63, 3.8) is 0 Å². The zero-order valence-corrected chi connectivity index (χ0v) is 7.48. The smallest absolute Gasteiger partial charge is 0.0562 e. The molecule has 0 bridgehead atoms. The van der Waals surface area contributed by atoms with Crippen LogP contribution in [0.1, 0.15) is 27.2 Å². The lowest BCUT2D eigenvalue weighted by Gasteiger charge is -2.15. The highest BCUT2D eigenvalue weighted by Gasteiger charge is 2.02. The van der Waals surface area contributed by atoms with Crippen molar-refractivity contribution in [3.05, 3.63) is 0 Å². The Bertz CT molecular complexity index is 73.7. The maximum Gasteiger partial charge on any atom is 0.0562 e. The first-order chi connectivity index (χ1) is 4.66. The average molecular weight is 145 g/mol. The highest BCUT2D eigenvalue weighted by atomic mass is 16.5. The summed E-state index contributed by atoms with van der Waals surface area (Å²) >= 11 is 0. The molecule has 0 aliphatic rings. The van der Waals surface area contributed by atoms with Gasteiger partial charge < -0.3 is 10.1 Å². The molecule has 0 aromatic carbocycles. The molecule has 1 unspecified atom stereocenters. The third kappa shape index (κ3) is 6.05. The molecule has 1 atom stereocenters. The molecule has 0 aliphatic carbocycles. The Morgan fingerprint density at radius 1 is 1.30 bits per heavy atom. The van der Waals surface area contributed by atoms with Crippen LogP contribution in [0.4, 0.5) is 0 Å². The normalized spacial score (nSPS) is 14.1. The molecule has 0 aromatic rings. The van der Waals surface area contributed by atoms with Crippen molar-refractivity contribution in [3.8, 4) is 0 Å². The summed E-state index contributed by atoms with van der Waals surface area (Å²) < 4.78 is 5.51. The Kier molecular flexibility index (Phi) is 5.64. The van der Waals surface area contributed by atoms with E-state index in [4.69, 9.17) is 4.74 Å². The first kappa shape index (κ1) is 9.92. The van der Waals surface area contributed by atoms with Gasteiger partial charge in [0, 0.05) is 0 Å². The van der Waals surface area contributed by atoms with Crippen LogP contribution in [0.3, 0.4) is 0 Å². The maximum absolute atomic E-state index is 5.51. The van der Waals surface area contributed by atoms with Crippen molar-refractivity contribution < 1.29 is 4.74 Å². The number of ether oxygens (including phenoxy) is 1. The molecule has 0 spiro atoms. The van der Waals surface area contributed by atoms with Crippen molar-refractivity contribution in [2.24, 2.45) is 0 Å². The van der Waals surface area contributed by atoms with Gasteiger partial charge in [-0.05, 0) is 40.8 Å². The Labute approximate surface area is 64.0 Å². The van der Waals surface area contributed by atoms with Crippen LogP contribution in [0.25, 0.3) is 0 Å². The van der Waals surface area contributed by atoms with Crippen LogP contribution in [-0.4, -0.2) is 25.8 Å². The van der Waals surface area contributed by atoms with E-state index in [0.29, 0.717) is 12.2 Å². The van der Waals surface area contributed by atoms with Gasteiger partial charge in [0.1, 0.15) is 0 Å². The number of hydrogen-bond donors (Lipinski definition) is 1. The molecule has 0 rings (SSSR count). The van der Waals surface area contributed by atoms with E-state index >= 15 is 0 Å². The summed E-state index contributed by atoms with van der Waals surface area (Å²) in [5.74, 6) is 0. The monoisotopic (exact) mass is 145 g/mol. The Hall–Kier alpha value is -0.0800. The molecule has 10 heavy (non-hydrogen) atoms. The quantitative estimate of drug-likeness (QED) is 0.631. The minimum absolute atomic E-state index is 0.354. The van der Waals surface area contributed by atoms with E-state index < -0.39 is 0 Å². The minimum Gasteiger partial charge on any atom is -0.376 e. The Morgan fingerprint density at radius 3 is 2.30 bits per heavy atom. The number of rotatable bonds is 5. The molecular formula is C8H19NO. The second-order valence-electron chi connectivity index (χ2n) is 2.89. The van der Waals surface area contributed by atoms with Gasteiger partial charge in [0.05, 0.1) is 12.2 Å². The van der Waals surface area contributed by atoms with Crippen molar-refractivity contribution >= 4 is 0 Å². The standard InChI is InChI=1S/C8H19NO/c1-7(2)10-8(3)5-6-9-4/h7-9H,5-6H2,1-4H3.